The Balaban J connectivity index is 3.15. The fourth-order valence-corrected chi connectivity index (χ4v) is 4.17. The number of hydrogen-bond donors (Lipinski definition) is 2. The number of carbonyl (C=O) groups is 3. The maximum atomic E-state index is 13.5. The van der Waals surface area contributed by atoms with Gasteiger partial charge in [-0.2, -0.15) is 0 Å². The van der Waals surface area contributed by atoms with Gasteiger partial charge in [-0.25, -0.2) is 4.79 Å². The van der Waals surface area contributed by atoms with Crippen LogP contribution in [0.2, 0.25) is 0 Å². The van der Waals surface area contributed by atoms with E-state index in [1.165, 1.54) is 6.92 Å². The molecule has 7 nitrogen and oxygen atoms in total. The number of likely N-dealkylation sites (N-methyl/N-ethyl adjacent to an activating group) is 1. The van der Waals surface area contributed by atoms with Crippen LogP contribution in [0.25, 0.3) is 0 Å². The minimum absolute atomic E-state index is 0.0225. The molecule has 2 amide bonds. The molecule has 0 aromatic carbocycles. The number of rotatable bonds is 8. The van der Waals surface area contributed by atoms with Crippen molar-refractivity contribution in [1.82, 2.24) is 15.1 Å². The number of amides is 2. The maximum Gasteiger partial charge on any atom is 0.331 e. The molecular weight excluding hydrogens is 394 g/mol. The van der Waals surface area contributed by atoms with Crippen LogP contribution in [0.5, 0.6) is 0 Å². The molecule has 31 heavy (non-hydrogen) atoms. The summed E-state index contributed by atoms with van der Waals surface area (Å²) in [6.45, 7) is 16.3. The van der Waals surface area contributed by atoms with Gasteiger partial charge in [-0.3, -0.25) is 14.5 Å². The molecule has 0 radical (unpaired) electrons. The predicted molar refractivity (Wildman–Crippen MR) is 124 cm³/mol. The molecule has 1 heterocycles. The zero-order valence-corrected chi connectivity index (χ0v) is 20.9. The van der Waals surface area contributed by atoms with Crippen molar-refractivity contribution in [2.75, 3.05) is 13.6 Å². The monoisotopic (exact) mass is 437 g/mol. The van der Waals surface area contributed by atoms with Crippen LogP contribution in [0.15, 0.2) is 11.6 Å². The van der Waals surface area contributed by atoms with E-state index in [1.807, 2.05) is 34.6 Å². The number of hydrogen-bond acceptors (Lipinski definition) is 4. The average Bonchev–Trinajstić information content (AvgIpc) is 2.67. The molecular formula is C24H43N3O4. The summed E-state index contributed by atoms with van der Waals surface area (Å²) in [6.07, 6.45) is 4.50. The Bertz CT molecular complexity index is 679. The highest BCUT2D eigenvalue weighted by Crippen LogP contribution is 2.25. The molecule has 0 aromatic heterocycles. The van der Waals surface area contributed by atoms with Crippen molar-refractivity contribution in [2.24, 2.45) is 11.3 Å². The van der Waals surface area contributed by atoms with Crippen LogP contribution >= 0.6 is 0 Å². The van der Waals surface area contributed by atoms with Gasteiger partial charge in [0.15, 0.2) is 0 Å². The van der Waals surface area contributed by atoms with E-state index in [2.05, 4.69) is 24.1 Å². The molecule has 1 fully saturated rings. The van der Waals surface area contributed by atoms with E-state index in [-0.39, 0.29) is 41.4 Å². The largest absolute Gasteiger partial charge is 0.478 e. The van der Waals surface area contributed by atoms with Crippen LogP contribution in [-0.2, 0) is 14.4 Å². The first-order valence-corrected chi connectivity index (χ1v) is 11.4. The minimum Gasteiger partial charge on any atom is -0.478 e. The third-order valence-electron chi connectivity index (χ3n) is 6.15. The van der Waals surface area contributed by atoms with Crippen molar-refractivity contribution >= 4 is 17.8 Å². The SMILES string of the molecule is C/C(=C\[C@H](C(C)C)N(C)C(=O)C(NC(=O)[C@H]1CCCCN1C(C)C)C(C)(C)C)C(=O)O. The number of carboxylic acid groups (broad SMARTS) is 1. The van der Waals surface area contributed by atoms with Crippen molar-refractivity contribution in [2.45, 2.75) is 98.8 Å². The smallest absolute Gasteiger partial charge is 0.331 e. The molecule has 1 rings (SSSR count). The van der Waals surface area contributed by atoms with E-state index in [0.29, 0.717) is 0 Å². The lowest BCUT2D eigenvalue weighted by atomic mass is 9.84. The number of carbonyl (C=O) groups excluding carboxylic acids is 2. The van der Waals surface area contributed by atoms with Gasteiger partial charge in [0.05, 0.1) is 12.1 Å². The highest BCUT2D eigenvalue weighted by Gasteiger charge is 2.39. The zero-order chi connectivity index (χ0) is 24.1. The second kappa shape index (κ2) is 11.1. The number of likely N-dealkylation sites (tertiary alicyclic amines) is 1. The molecule has 178 valence electrons. The standard InChI is InChI=1S/C24H43N3O4/c1-15(2)19(14-17(5)23(30)31)26(9)22(29)20(24(6,7)8)25-21(28)18-12-10-11-13-27(18)16(3)4/h14-16,18-20H,10-13H2,1-9H3,(H,25,28)(H,30,31)/b17-14+/t18-,19-,20?/m1/s1. The summed E-state index contributed by atoms with van der Waals surface area (Å²) in [5.41, 5.74) is -0.296. The van der Waals surface area contributed by atoms with Crippen LogP contribution in [0, 0.1) is 11.3 Å². The van der Waals surface area contributed by atoms with Crippen molar-refractivity contribution in [3.8, 4) is 0 Å². The third-order valence-corrected chi connectivity index (χ3v) is 6.15. The van der Waals surface area contributed by atoms with E-state index in [1.54, 1.807) is 18.0 Å². The van der Waals surface area contributed by atoms with Crippen LogP contribution in [0.4, 0.5) is 0 Å². The molecule has 1 saturated heterocycles. The molecule has 0 spiro atoms. The van der Waals surface area contributed by atoms with E-state index in [9.17, 15) is 19.5 Å². The van der Waals surface area contributed by atoms with Gasteiger partial charge in [0.25, 0.3) is 0 Å². The third kappa shape index (κ3) is 7.34. The molecule has 1 unspecified atom stereocenters. The second-order valence-electron chi connectivity index (χ2n) is 10.5. The van der Waals surface area contributed by atoms with Gasteiger partial charge in [-0.15, -0.1) is 0 Å². The van der Waals surface area contributed by atoms with Gasteiger partial charge in [0.2, 0.25) is 11.8 Å². The van der Waals surface area contributed by atoms with Crippen LogP contribution < -0.4 is 5.32 Å². The first-order valence-electron chi connectivity index (χ1n) is 11.4. The van der Waals surface area contributed by atoms with Crippen LogP contribution in [-0.4, -0.2) is 70.4 Å². The molecule has 3 atom stereocenters. The van der Waals surface area contributed by atoms with E-state index < -0.39 is 17.4 Å². The van der Waals surface area contributed by atoms with Crippen molar-refractivity contribution in [1.29, 1.82) is 0 Å². The molecule has 1 aliphatic rings. The van der Waals surface area contributed by atoms with Crippen molar-refractivity contribution in [3.05, 3.63) is 11.6 Å². The quantitative estimate of drug-likeness (QED) is 0.569. The normalized spacial score (nSPS) is 20.5. The first-order chi connectivity index (χ1) is 14.2. The lowest BCUT2D eigenvalue weighted by molar-refractivity contribution is -0.142. The van der Waals surface area contributed by atoms with E-state index >= 15 is 0 Å². The number of carboxylic acids is 1. The number of aliphatic carboxylic acids is 1. The highest BCUT2D eigenvalue weighted by molar-refractivity contribution is 5.91. The fourth-order valence-electron chi connectivity index (χ4n) is 4.17. The fraction of sp³-hybridized carbons (Fsp3) is 0.792. The van der Waals surface area contributed by atoms with Crippen LogP contribution in [0.1, 0.15) is 74.7 Å². The zero-order valence-electron chi connectivity index (χ0n) is 20.9. The van der Waals surface area contributed by atoms with Gasteiger partial charge in [-0.1, -0.05) is 47.1 Å². The Kier molecular flexibility index (Phi) is 9.73. The molecule has 0 aliphatic carbocycles. The summed E-state index contributed by atoms with van der Waals surface area (Å²) >= 11 is 0. The molecule has 0 bridgehead atoms. The lowest BCUT2D eigenvalue weighted by Crippen LogP contribution is -2.60. The summed E-state index contributed by atoms with van der Waals surface area (Å²) in [5.74, 6) is -1.29. The van der Waals surface area contributed by atoms with Gasteiger partial charge >= 0.3 is 5.97 Å². The van der Waals surface area contributed by atoms with Crippen molar-refractivity contribution < 1.29 is 19.5 Å². The second-order valence-corrected chi connectivity index (χ2v) is 10.5. The number of nitrogens with zero attached hydrogens (tertiary/aromatic N) is 2. The lowest BCUT2D eigenvalue weighted by Gasteiger charge is -2.41. The van der Waals surface area contributed by atoms with Gasteiger partial charge in [-0.05, 0) is 51.5 Å². The minimum atomic E-state index is -1.00. The Morgan fingerprint density at radius 2 is 1.71 bits per heavy atom. The molecule has 0 aromatic rings. The summed E-state index contributed by atoms with van der Waals surface area (Å²) in [7, 11) is 1.69. The number of nitrogens with one attached hydrogen (secondary N) is 1. The van der Waals surface area contributed by atoms with Crippen molar-refractivity contribution in [3.63, 3.8) is 0 Å². The Labute approximate surface area is 188 Å². The Morgan fingerprint density at radius 3 is 2.16 bits per heavy atom. The Morgan fingerprint density at radius 1 is 1.13 bits per heavy atom. The highest BCUT2D eigenvalue weighted by atomic mass is 16.4. The van der Waals surface area contributed by atoms with E-state index in [4.69, 9.17) is 0 Å². The Hall–Kier alpha value is -1.89. The summed E-state index contributed by atoms with van der Waals surface area (Å²) in [4.78, 5) is 41.9. The maximum absolute atomic E-state index is 13.5. The first kappa shape index (κ1) is 27.1. The van der Waals surface area contributed by atoms with E-state index in [0.717, 1.165) is 25.8 Å². The van der Waals surface area contributed by atoms with Gasteiger partial charge in [0.1, 0.15) is 6.04 Å². The summed E-state index contributed by atoms with van der Waals surface area (Å²) in [5, 5.41) is 12.3. The topological polar surface area (TPSA) is 90.0 Å². The van der Waals surface area contributed by atoms with Gasteiger partial charge < -0.3 is 15.3 Å². The summed E-state index contributed by atoms with van der Waals surface area (Å²) < 4.78 is 0. The molecule has 2 N–H and O–H groups in total. The van der Waals surface area contributed by atoms with Gasteiger partial charge in [0, 0.05) is 18.7 Å². The predicted octanol–water partition coefficient (Wildman–Crippen LogP) is 3.29. The molecule has 0 saturated carbocycles. The number of piperidine rings is 1. The molecule has 7 heteroatoms. The summed E-state index contributed by atoms with van der Waals surface area (Å²) in [6, 6.07) is -1.06. The van der Waals surface area contributed by atoms with Crippen LogP contribution in [0.3, 0.4) is 0 Å². The average molecular weight is 438 g/mol. The molecule has 1 aliphatic heterocycles.